The molecule has 4 nitrogen and oxygen atoms in total. The first kappa shape index (κ1) is 15.2. The van der Waals surface area contributed by atoms with E-state index in [4.69, 9.17) is 0 Å². The molecule has 0 aliphatic heterocycles. The molecule has 6 heteroatoms. The Hall–Kier alpha value is -1.24. The Morgan fingerprint density at radius 2 is 1.75 bits per heavy atom. The SMILES string of the molecule is O=[N+]([O-])c1ccc(CNCc2ccc(Br)cc2)c(Br)c1. The lowest BCUT2D eigenvalue weighted by Crippen LogP contribution is -2.13. The highest BCUT2D eigenvalue weighted by atomic mass is 79.9. The molecule has 0 aromatic heterocycles. The average Bonchev–Trinajstić information content (AvgIpc) is 2.42. The quantitative estimate of drug-likeness (QED) is 0.598. The van der Waals surface area contributed by atoms with Crippen molar-refractivity contribution in [2.24, 2.45) is 0 Å². The second-order valence-corrected chi connectivity index (χ2v) is 6.03. The normalized spacial score (nSPS) is 10.5. The summed E-state index contributed by atoms with van der Waals surface area (Å²) in [5, 5.41) is 14.0. The number of nitrogens with one attached hydrogen (secondary N) is 1. The lowest BCUT2D eigenvalue weighted by molar-refractivity contribution is -0.384. The van der Waals surface area contributed by atoms with Crippen molar-refractivity contribution in [2.45, 2.75) is 13.1 Å². The number of rotatable bonds is 5. The topological polar surface area (TPSA) is 55.2 Å². The molecule has 2 rings (SSSR count). The summed E-state index contributed by atoms with van der Waals surface area (Å²) in [5.74, 6) is 0. The molecule has 0 aliphatic carbocycles. The van der Waals surface area contributed by atoms with E-state index in [1.165, 1.54) is 17.7 Å². The lowest BCUT2D eigenvalue weighted by Gasteiger charge is -2.07. The van der Waals surface area contributed by atoms with Crippen LogP contribution in [0.1, 0.15) is 11.1 Å². The molecule has 2 aromatic carbocycles. The van der Waals surface area contributed by atoms with E-state index in [1.807, 2.05) is 24.3 Å². The van der Waals surface area contributed by atoms with E-state index < -0.39 is 4.92 Å². The van der Waals surface area contributed by atoms with Crippen LogP contribution in [0.5, 0.6) is 0 Å². The summed E-state index contributed by atoms with van der Waals surface area (Å²) in [5.41, 5.74) is 2.27. The summed E-state index contributed by atoms with van der Waals surface area (Å²) >= 11 is 6.76. The molecule has 0 radical (unpaired) electrons. The molecule has 0 saturated carbocycles. The molecule has 0 saturated heterocycles. The van der Waals surface area contributed by atoms with Gasteiger partial charge in [0.2, 0.25) is 0 Å². The molecule has 0 bridgehead atoms. The van der Waals surface area contributed by atoms with Crippen LogP contribution in [0.2, 0.25) is 0 Å². The highest BCUT2D eigenvalue weighted by Gasteiger charge is 2.08. The van der Waals surface area contributed by atoms with E-state index in [2.05, 4.69) is 37.2 Å². The van der Waals surface area contributed by atoms with Crippen molar-refractivity contribution in [3.05, 3.63) is 72.7 Å². The largest absolute Gasteiger partial charge is 0.309 e. The van der Waals surface area contributed by atoms with Crippen LogP contribution in [0.25, 0.3) is 0 Å². The predicted molar refractivity (Wildman–Crippen MR) is 85.5 cm³/mol. The van der Waals surface area contributed by atoms with Crippen LogP contribution in [-0.4, -0.2) is 4.92 Å². The van der Waals surface area contributed by atoms with Gasteiger partial charge in [0, 0.05) is 34.2 Å². The Morgan fingerprint density at radius 1 is 1.05 bits per heavy atom. The van der Waals surface area contributed by atoms with E-state index in [1.54, 1.807) is 6.07 Å². The second kappa shape index (κ2) is 6.97. The van der Waals surface area contributed by atoms with Crippen molar-refractivity contribution in [3.8, 4) is 0 Å². The van der Waals surface area contributed by atoms with Crippen molar-refractivity contribution < 1.29 is 4.92 Å². The molecular weight excluding hydrogens is 388 g/mol. The number of non-ortho nitro benzene ring substituents is 1. The van der Waals surface area contributed by atoms with Gasteiger partial charge in [0.1, 0.15) is 0 Å². The molecule has 0 fully saturated rings. The average molecular weight is 400 g/mol. The van der Waals surface area contributed by atoms with Crippen LogP contribution in [-0.2, 0) is 13.1 Å². The van der Waals surface area contributed by atoms with Gasteiger partial charge >= 0.3 is 0 Å². The molecule has 0 heterocycles. The van der Waals surface area contributed by atoms with Crippen molar-refractivity contribution in [1.29, 1.82) is 0 Å². The Bertz CT molecular complexity index is 615. The maximum Gasteiger partial charge on any atom is 0.270 e. The summed E-state index contributed by atoms with van der Waals surface area (Å²) in [6.45, 7) is 1.39. The van der Waals surface area contributed by atoms with Gasteiger partial charge in [-0.15, -0.1) is 0 Å². The zero-order valence-electron chi connectivity index (χ0n) is 10.5. The summed E-state index contributed by atoms with van der Waals surface area (Å²) in [7, 11) is 0. The van der Waals surface area contributed by atoms with Crippen LogP contribution in [0, 0.1) is 10.1 Å². The van der Waals surface area contributed by atoms with Gasteiger partial charge in [0.05, 0.1) is 4.92 Å². The first-order valence-electron chi connectivity index (χ1n) is 5.94. The molecule has 20 heavy (non-hydrogen) atoms. The molecule has 0 amide bonds. The third-order valence-electron chi connectivity index (χ3n) is 2.81. The Kier molecular flexibility index (Phi) is 5.28. The lowest BCUT2D eigenvalue weighted by atomic mass is 10.2. The molecule has 0 unspecified atom stereocenters. The van der Waals surface area contributed by atoms with Crippen LogP contribution >= 0.6 is 31.9 Å². The number of halogens is 2. The number of hydrogen-bond donors (Lipinski definition) is 1. The summed E-state index contributed by atoms with van der Waals surface area (Å²) in [4.78, 5) is 10.3. The first-order chi connectivity index (χ1) is 9.56. The fourth-order valence-electron chi connectivity index (χ4n) is 1.74. The molecule has 0 atom stereocenters. The molecule has 2 aromatic rings. The van der Waals surface area contributed by atoms with Crippen LogP contribution in [0.15, 0.2) is 51.4 Å². The number of nitro benzene ring substituents is 1. The Balaban J connectivity index is 1.94. The van der Waals surface area contributed by atoms with Crippen LogP contribution in [0.3, 0.4) is 0 Å². The smallest absolute Gasteiger partial charge is 0.270 e. The fraction of sp³-hybridized carbons (Fsp3) is 0.143. The second-order valence-electron chi connectivity index (χ2n) is 4.26. The highest BCUT2D eigenvalue weighted by Crippen LogP contribution is 2.23. The van der Waals surface area contributed by atoms with Gasteiger partial charge in [0.15, 0.2) is 0 Å². The maximum absolute atomic E-state index is 10.7. The molecule has 1 N–H and O–H groups in total. The van der Waals surface area contributed by atoms with Gasteiger partial charge in [0.25, 0.3) is 5.69 Å². The van der Waals surface area contributed by atoms with Gasteiger partial charge in [-0.2, -0.15) is 0 Å². The van der Waals surface area contributed by atoms with Crippen molar-refractivity contribution in [2.75, 3.05) is 0 Å². The van der Waals surface area contributed by atoms with Crippen molar-refractivity contribution in [1.82, 2.24) is 5.32 Å². The number of benzene rings is 2. The number of hydrogen-bond acceptors (Lipinski definition) is 3. The zero-order valence-corrected chi connectivity index (χ0v) is 13.6. The standard InChI is InChI=1S/C14H12Br2N2O2/c15-12-4-1-10(2-5-12)8-17-9-11-3-6-13(18(19)20)7-14(11)16/h1-7,17H,8-9H2. The first-order valence-corrected chi connectivity index (χ1v) is 7.53. The Labute approximate surface area is 133 Å². The highest BCUT2D eigenvalue weighted by molar-refractivity contribution is 9.10. The van der Waals surface area contributed by atoms with Gasteiger partial charge in [-0.05, 0) is 29.3 Å². The predicted octanol–water partition coefficient (Wildman–Crippen LogP) is 4.41. The summed E-state index contributed by atoms with van der Waals surface area (Å²) < 4.78 is 1.80. The molecule has 104 valence electrons. The van der Waals surface area contributed by atoms with Crippen LogP contribution < -0.4 is 5.32 Å². The third kappa shape index (κ3) is 4.13. The minimum absolute atomic E-state index is 0.0912. The van der Waals surface area contributed by atoms with E-state index in [0.717, 1.165) is 21.1 Å². The Morgan fingerprint density at radius 3 is 2.35 bits per heavy atom. The summed E-state index contributed by atoms with van der Waals surface area (Å²) in [6, 6.07) is 12.9. The van der Waals surface area contributed by atoms with Crippen LogP contribution in [0.4, 0.5) is 5.69 Å². The van der Waals surface area contributed by atoms with E-state index in [9.17, 15) is 10.1 Å². The molecule has 0 aliphatic rings. The third-order valence-corrected chi connectivity index (χ3v) is 4.07. The molecular formula is C14H12Br2N2O2. The van der Waals surface area contributed by atoms with Crippen molar-refractivity contribution in [3.63, 3.8) is 0 Å². The van der Waals surface area contributed by atoms with Gasteiger partial charge in [-0.25, -0.2) is 0 Å². The minimum atomic E-state index is -0.399. The maximum atomic E-state index is 10.7. The number of nitro groups is 1. The minimum Gasteiger partial charge on any atom is -0.309 e. The van der Waals surface area contributed by atoms with E-state index in [0.29, 0.717) is 6.54 Å². The zero-order chi connectivity index (χ0) is 14.5. The van der Waals surface area contributed by atoms with Gasteiger partial charge < -0.3 is 5.32 Å². The van der Waals surface area contributed by atoms with E-state index in [-0.39, 0.29) is 5.69 Å². The van der Waals surface area contributed by atoms with E-state index >= 15 is 0 Å². The number of nitrogens with zero attached hydrogens (tertiary/aromatic N) is 1. The van der Waals surface area contributed by atoms with Crippen molar-refractivity contribution >= 4 is 37.5 Å². The van der Waals surface area contributed by atoms with Gasteiger partial charge in [-0.1, -0.05) is 44.0 Å². The fourth-order valence-corrected chi connectivity index (χ4v) is 2.51. The monoisotopic (exact) mass is 398 g/mol. The van der Waals surface area contributed by atoms with Gasteiger partial charge in [-0.3, -0.25) is 10.1 Å². The molecule has 0 spiro atoms. The summed E-state index contributed by atoms with van der Waals surface area (Å²) in [6.07, 6.45) is 0.